The van der Waals surface area contributed by atoms with E-state index in [2.05, 4.69) is 0 Å². The Morgan fingerprint density at radius 3 is 1.93 bits per heavy atom. The predicted molar refractivity (Wildman–Crippen MR) is 112 cm³/mol. The highest BCUT2D eigenvalue weighted by molar-refractivity contribution is 8.23. The van der Waals surface area contributed by atoms with Crippen LogP contribution in [-0.2, 0) is 42.7 Å². The molecule has 0 aliphatic carbocycles. The fourth-order valence-electron chi connectivity index (χ4n) is 2.50. The molecule has 0 bridgehead atoms. The fraction of sp³-hybridized carbons (Fsp3) is 0.706. The standard InChI is InChI=1S/C17H26BNO9S2/c1-5-24-15(22)11(16(23)25-6-2)8-12(30-17(29)26-7-3)18-27-13(20)9-19(4)10-14(21)28-18/h11-12H,5-10H2,1-4H3. The van der Waals surface area contributed by atoms with Gasteiger partial charge in [0, 0.05) is 0 Å². The first-order valence-corrected chi connectivity index (χ1v) is 10.7. The number of likely N-dealkylation sites (N-methyl/N-ethyl adjacent to an activating group) is 1. The third kappa shape index (κ3) is 8.88. The predicted octanol–water partition coefficient (Wildman–Crippen LogP) is 0.601. The van der Waals surface area contributed by atoms with Gasteiger partial charge in [-0.05, 0) is 46.5 Å². The van der Waals surface area contributed by atoms with Gasteiger partial charge >= 0.3 is 31.0 Å². The molecule has 1 saturated heterocycles. The lowest BCUT2D eigenvalue weighted by Gasteiger charge is -2.27. The van der Waals surface area contributed by atoms with E-state index >= 15 is 0 Å². The zero-order valence-corrected chi connectivity index (χ0v) is 19.0. The lowest BCUT2D eigenvalue weighted by Crippen LogP contribution is -2.48. The minimum Gasteiger partial charge on any atom is -0.497 e. The van der Waals surface area contributed by atoms with Crippen molar-refractivity contribution in [1.82, 2.24) is 4.90 Å². The van der Waals surface area contributed by atoms with Gasteiger partial charge in [0.25, 0.3) is 0 Å². The summed E-state index contributed by atoms with van der Waals surface area (Å²) in [6.07, 6.45) is -0.212. The molecule has 0 radical (unpaired) electrons. The highest BCUT2D eigenvalue weighted by Gasteiger charge is 2.45. The maximum Gasteiger partial charge on any atom is 0.613 e. The summed E-state index contributed by atoms with van der Waals surface area (Å²) in [5.41, 5.74) is 0. The van der Waals surface area contributed by atoms with Crippen LogP contribution in [0.1, 0.15) is 27.2 Å². The van der Waals surface area contributed by atoms with Crippen LogP contribution in [0.5, 0.6) is 0 Å². The molecule has 1 fully saturated rings. The monoisotopic (exact) mass is 463 g/mol. The zero-order chi connectivity index (χ0) is 22.7. The van der Waals surface area contributed by atoms with Crippen LogP contribution in [0, 0.1) is 5.92 Å². The van der Waals surface area contributed by atoms with Gasteiger partial charge in [-0.15, -0.1) is 0 Å². The number of nitrogens with zero attached hydrogens (tertiary/aromatic N) is 1. The minimum absolute atomic E-state index is 0.0592. The number of hydrogen-bond donors (Lipinski definition) is 0. The molecule has 10 nitrogen and oxygen atoms in total. The number of rotatable bonds is 9. The van der Waals surface area contributed by atoms with E-state index in [-0.39, 0.29) is 43.7 Å². The fourth-order valence-corrected chi connectivity index (χ4v) is 3.94. The third-order valence-corrected chi connectivity index (χ3v) is 5.15. The second-order valence-electron chi connectivity index (χ2n) is 6.15. The summed E-state index contributed by atoms with van der Waals surface area (Å²) in [7, 11) is 0.185. The van der Waals surface area contributed by atoms with Crippen LogP contribution >= 0.6 is 24.0 Å². The van der Waals surface area contributed by atoms with Crippen LogP contribution < -0.4 is 0 Å². The summed E-state index contributed by atoms with van der Waals surface area (Å²) < 4.78 is 25.9. The molecule has 1 aliphatic heterocycles. The number of carbonyl (C=O) groups is 4. The summed E-state index contributed by atoms with van der Waals surface area (Å²) in [4.78, 5) is 50.4. The summed E-state index contributed by atoms with van der Waals surface area (Å²) in [5.74, 6) is -4.19. The number of ether oxygens (including phenoxy) is 3. The molecule has 0 aromatic carbocycles. The lowest BCUT2D eigenvalue weighted by atomic mass is 9.78. The molecular formula is C17H26BNO9S2. The van der Waals surface area contributed by atoms with Gasteiger partial charge < -0.3 is 23.5 Å². The number of hydrogen-bond acceptors (Lipinski definition) is 12. The van der Waals surface area contributed by atoms with Crippen LogP contribution in [0.25, 0.3) is 0 Å². The van der Waals surface area contributed by atoms with Gasteiger partial charge in [-0.3, -0.25) is 24.1 Å². The van der Waals surface area contributed by atoms with Gasteiger partial charge in [0.05, 0.1) is 38.1 Å². The Morgan fingerprint density at radius 1 is 1.03 bits per heavy atom. The van der Waals surface area contributed by atoms with E-state index in [0.717, 1.165) is 11.8 Å². The molecular weight excluding hydrogens is 437 g/mol. The van der Waals surface area contributed by atoms with Crippen LogP contribution in [0.2, 0.25) is 0 Å². The summed E-state index contributed by atoms with van der Waals surface area (Å²) in [5, 5.41) is -0.904. The van der Waals surface area contributed by atoms with Crippen LogP contribution in [0.15, 0.2) is 0 Å². The number of thioether (sulfide) groups is 1. The molecule has 30 heavy (non-hydrogen) atoms. The summed E-state index contributed by atoms with van der Waals surface area (Å²) >= 11 is 6.06. The van der Waals surface area contributed by atoms with Crippen molar-refractivity contribution in [2.45, 2.75) is 32.3 Å². The van der Waals surface area contributed by atoms with Crippen molar-refractivity contribution in [2.75, 3.05) is 40.0 Å². The van der Waals surface area contributed by atoms with Crippen molar-refractivity contribution in [2.24, 2.45) is 5.92 Å². The average molecular weight is 463 g/mol. The number of esters is 2. The van der Waals surface area contributed by atoms with E-state index in [9.17, 15) is 19.2 Å². The highest BCUT2D eigenvalue weighted by Crippen LogP contribution is 2.27. The Balaban J connectivity index is 3.15. The van der Waals surface area contributed by atoms with E-state index < -0.39 is 42.1 Å². The quantitative estimate of drug-likeness (QED) is 0.206. The SMILES string of the molecule is CCOC(=O)C(CC(SC(=S)OCC)B1OC(=O)CN(C)CC(=O)O1)C(=O)OCC. The topological polar surface area (TPSA) is 118 Å². The molecule has 1 aliphatic rings. The Morgan fingerprint density at radius 2 is 1.50 bits per heavy atom. The van der Waals surface area contributed by atoms with Crippen molar-refractivity contribution in [1.29, 1.82) is 0 Å². The second-order valence-corrected chi connectivity index (χ2v) is 7.99. The zero-order valence-electron chi connectivity index (χ0n) is 17.4. The Labute approximate surface area is 185 Å². The smallest absolute Gasteiger partial charge is 0.497 e. The highest BCUT2D eigenvalue weighted by atomic mass is 32.2. The number of thiocarbonyl (C=S) groups is 1. The Bertz CT molecular complexity index is 611. The molecule has 0 N–H and O–H groups in total. The normalized spacial score (nSPS) is 16.1. The Hall–Kier alpha value is -1.86. The van der Waals surface area contributed by atoms with Crippen LogP contribution in [0.3, 0.4) is 0 Å². The first-order valence-electron chi connectivity index (χ1n) is 9.45. The first-order chi connectivity index (χ1) is 14.2. The molecule has 1 atom stereocenters. The van der Waals surface area contributed by atoms with Crippen molar-refractivity contribution in [3.05, 3.63) is 0 Å². The first kappa shape index (κ1) is 26.2. The largest absolute Gasteiger partial charge is 0.613 e. The third-order valence-electron chi connectivity index (χ3n) is 3.72. The van der Waals surface area contributed by atoms with Crippen molar-refractivity contribution >= 4 is 59.4 Å². The van der Waals surface area contributed by atoms with Gasteiger partial charge in [0.1, 0.15) is 0 Å². The number of carbonyl (C=O) groups excluding carboxylic acids is 4. The van der Waals surface area contributed by atoms with Gasteiger partial charge in [-0.25, -0.2) is 0 Å². The molecule has 1 rings (SSSR count). The Kier molecular flexibility index (Phi) is 11.7. The van der Waals surface area contributed by atoms with Gasteiger partial charge in [-0.1, -0.05) is 11.8 Å². The molecule has 0 aromatic heterocycles. The van der Waals surface area contributed by atoms with E-state index in [1.54, 1.807) is 27.8 Å². The molecule has 0 spiro atoms. The van der Waals surface area contributed by atoms with Gasteiger partial charge in [0.2, 0.25) is 4.38 Å². The molecule has 0 saturated carbocycles. The van der Waals surface area contributed by atoms with Crippen molar-refractivity contribution in [3.63, 3.8) is 0 Å². The molecule has 1 unspecified atom stereocenters. The van der Waals surface area contributed by atoms with E-state index in [0.29, 0.717) is 0 Å². The molecule has 0 aromatic rings. The molecule has 168 valence electrons. The van der Waals surface area contributed by atoms with Crippen LogP contribution in [0.4, 0.5) is 0 Å². The average Bonchev–Trinajstić information content (AvgIpc) is 2.63. The minimum atomic E-state index is -1.38. The van der Waals surface area contributed by atoms with E-state index in [1.807, 2.05) is 0 Å². The van der Waals surface area contributed by atoms with E-state index in [4.69, 9.17) is 35.7 Å². The van der Waals surface area contributed by atoms with E-state index in [1.165, 1.54) is 4.90 Å². The van der Waals surface area contributed by atoms with Crippen molar-refractivity contribution < 1.29 is 42.7 Å². The molecule has 13 heteroatoms. The lowest BCUT2D eigenvalue weighted by molar-refractivity contribution is -0.161. The van der Waals surface area contributed by atoms with Gasteiger partial charge in [0.15, 0.2) is 5.92 Å². The maximum atomic E-state index is 12.4. The van der Waals surface area contributed by atoms with Gasteiger partial charge in [-0.2, -0.15) is 0 Å². The second kappa shape index (κ2) is 13.4. The molecule has 0 amide bonds. The summed E-state index contributed by atoms with van der Waals surface area (Å²) in [6.45, 7) is 5.08. The molecule has 1 heterocycles. The summed E-state index contributed by atoms with van der Waals surface area (Å²) in [6, 6.07) is 0. The van der Waals surface area contributed by atoms with Crippen LogP contribution in [-0.4, -0.2) is 85.4 Å². The maximum absolute atomic E-state index is 12.4. The van der Waals surface area contributed by atoms with Crippen molar-refractivity contribution in [3.8, 4) is 0 Å².